The molecule has 0 radical (unpaired) electrons. The molecule has 0 aliphatic heterocycles. The second-order valence-electron chi connectivity index (χ2n) is 12.4. The second-order valence-corrected chi connectivity index (χ2v) is 13.8. The third-order valence-electron chi connectivity index (χ3n) is 9.50. The number of fused-ring (bicyclic) bond motifs is 7. The molecule has 4 aromatic carbocycles. The van der Waals surface area contributed by atoms with Crippen LogP contribution in [0.2, 0.25) is 0 Å². The lowest BCUT2D eigenvalue weighted by atomic mass is 9.59. The first-order valence-corrected chi connectivity index (χ1v) is 16.7. The van der Waals surface area contributed by atoms with Gasteiger partial charge in [-0.25, -0.2) is 0 Å². The van der Waals surface area contributed by atoms with E-state index in [0.29, 0.717) is 23.3 Å². The summed E-state index contributed by atoms with van der Waals surface area (Å²) in [5, 5.41) is 2.34. The maximum Gasteiger partial charge on any atom is 0.315 e. The lowest BCUT2D eigenvalue weighted by Gasteiger charge is -2.44. The summed E-state index contributed by atoms with van der Waals surface area (Å²) in [5.41, 5.74) is 5.65. The van der Waals surface area contributed by atoms with Crippen LogP contribution in [-0.2, 0) is 14.9 Å². The average Bonchev–Trinajstić information content (AvgIpc) is 3.00. The van der Waals surface area contributed by atoms with Crippen molar-refractivity contribution in [1.29, 1.82) is 0 Å². The van der Waals surface area contributed by atoms with Crippen molar-refractivity contribution in [2.45, 2.75) is 69.1 Å². The number of esters is 1. The maximum atomic E-state index is 14.7. The minimum absolute atomic E-state index is 0.0526. The third kappa shape index (κ3) is 5.42. The maximum absolute atomic E-state index is 14.7. The van der Waals surface area contributed by atoms with Crippen LogP contribution in [0.5, 0.6) is 5.75 Å². The van der Waals surface area contributed by atoms with Crippen LogP contribution in [0, 0.1) is 19.8 Å². The molecule has 4 unspecified atom stereocenters. The molecule has 6 rings (SSSR count). The standard InChI is InChI=1S/C38H38O5S/c1-23(2)33-22-34(24(3)21-35(33)44(40,41)42)43-38(39)37-32-18-8-6-5-7-17-31(29-15-11-12-16-30(29)32)36(37)28-20-19-26-13-9-10-14-27(26)25(28)4/h5-16,19-23,31-32,36-37H,17-18H2,1-4H3,(H,40,41,42)/b7-5-,8-6-. The van der Waals surface area contributed by atoms with E-state index in [1.807, 2.05) is 26.0 Å². The van der Waals surface area contributed by atoms with E-state index in [-0.39, 0.29) is 34.5 Å². The number of allylic oxidation sites excluding steroid dienone is 4. The summed E-state index contributed by atoms with van der Waals surface area (Å²) < 4.78 is 40.6. The number of aryl methyl sites for hydroxylation is 2. The molecule has 44 heavy (non-hydrogen) atoms. The Morgan fingerprint density at radius 2 is 1.48 bits per heavy atom. The summed E-state index contributed by atoms with van der Waals surface area (Å²) in [7, 11) is -4.45. The highest BCUT2D eigenvalue weighted by Gasteiger charge is 2.47. The molecule has 2 aliphatic carbocycles. The summed E-state index contributed by atoms with van der Waals surface area (Å²) in [4.78, 5) is 14.5. The van der Waals surface area contributed by atoms with E-state index in [1.165, 1.54) is 28.1 Å². The minimum Gasteiger partial charge on any atom is -0.426 e. The first-order chi connectivity index (χ1) is 21.1. The Bertz CT molecular complexity index is 1920. The molecular weight excluding hydrogens is 568 g/mol. The van der Waals surface area contributed by atoms with E-state index < -0.39 is 16.0 Å². The van der Waals surface area contributed by atoms with Gasteiger partial charge in [0, 0.05) is 11.8 Å². The molecular formula is C38H38O5S. The van der Waals surface area contributed by atoms with E-state index in [4.69, 9.17) is 4.74 Å². The predicted molar refractivity (Wildman–Crippen MR) is 175 cm³/mol. The summed E-state index contributed by atoms with van der Waals surface area (Å²) >= 11 is 0. The van der Waals surface area contributed by atoms with Gasteiger partial charge in [0.05, 0.1) is 10.8 Å². The summed E-state index contributed by atoms with van der Waals surface area (Å²) in [6.07, 6.45) is 9.95. The zero-order valence-corrected chi connectivity index (χ0v) is 26.3. The molecule has 0 heterocycles. The molecule has 0 spiro atoms. The summed E-state index contributed by atoms with van der Waals surface area (Å²) in [5.74, 6) is -0.933. The second kappa shape index (κ2) is 11.8. The molecule has 4 atom stereocenters. The van der Waals surface area contributed by atoms with Gasteiger partial charge in [0.1, 0.15) is 5.75 Å². The van der Waals surface area contributed by atoms with Crippen molar-refractivity contribution in [3.05, 3.63) is 130 Å². The molecule has 1 N–H and O–H groups in total. The fourth-order valence-corrected chi connectivity index (χ4v) is 8.31. The van der Waals surface area contributed by atoms with E-state index in [9.17, 15) is 17.8 Å². The SMILES string of the molecule is Cc1cc(S(=O)(=O)O)c(C(C)C)cc1OC(=O)C1C2C/C=C\C=C/CC(c3ccccc32)C1c1ccc2ccccc2c1C. The van der Waals surface area contributed by atoms with Crippen LogP contribution in [0.3, 0.4) is 0 Å². The van der Waals surface area contributed by atoms with Gasteiger partial charge >= 0.3 is 5.97 Å². The van der Waals surface area contributed by atoms with E-state index >= 15 is 0 Å². The number of carbonyl (C=O) groups is 1. The van der Waals surface area contributed by atoms with Gasteiger partial charge in [-0.1, -0.05) is 98.8 Å². The van der Waals surface area contributed by atoms with E-state index in [2.05, 4.69) is 79.8 Å². The molecule has 0 fully saturated rings. The monoisotopic (exact) mass is 606 g/mol. The van der Waals surface area contributed by atoms with Gasteiger partial charge in [-0.05, 0) is 94.8 Å². The molecule has 4 aromatic rings. The molecule has 0 saturated carbocycles. The van der Waals surface area contributed by atoms with Crippen LogP contribution < -0.4 is 4.74 Å². The van der Waals surface area contributed by atoms with Gasteiger partial charge in [-0.3, -0.25) is 9.35 Å². The van der Waals surface area contributed by atoms with Gasteiger partial charge in [0.15, 0.2) is 0 Å². The lowest BCUT2D eigenvalue weighted by molar-refractivity contribution is -0.141. The first kappa shape index (κ1) is 30.0. The van der Waals surface area contributed by atoms with Crippen molar-refractivity contribution >= 4 is 26.9 Å². The van der Waals surface area contributed by atoms with Crippen molar-refractivity contribution in [2.75, 3.05) is 0 Å². The number of hydrogen-bond donors (Lipinski definition) is 1. The first-order valence-electron chi connectivity index (χ1n) is 15.3. The van der Waals surface area contributed by atoms with Gasteiger partial charge in [0.2, 0.25) is 0 Å². The fourth-order valence-electron chi connectivity index (χ4n) is 7.39. The van der Waals surface area contributed by atoms with Crippen molar-refractivity contribution in [1.82, 2.24) is 0 Å². The Kier molecular flexibility index (Phi) is 8.08. The van der Waals surface area contributed by atoms with Crippen molar-refractivity contribution in [2.24, 2.45) is 5.92 Å². The average molecular weight is 607 g/mol. The van der Waals surface area contributed by atoms with Crippen LogP contribution in [0.1, 0.15) is 83.7 Å². The van der Waals surface area contributed by atoms with Crippen LogP contribution in [0.25, 0.3) is 10.8 Å². The molecule has 0 saturated heterocycles. The Morgan fingerprint density at radius 3 is 2.16 bits per heavy atom. The number of ether oxygens (including phenoxy) is 1. The lowest BCUT2D eigenvalue weighted by Crippen LogP contribution is -2.39. The van der Waals surface area contributed by atoms with E-state index in [0.717, 1.165) is 17.4 Å². The molecule has 0 aromatic heterocycles. The van der Waals surface area contributed by atoms with E-state index in [1.54, 1.807) is 13.0 Å². The summed E-state index contributed by atoms with van der Waals surface area (Å²) in [6.45, 7) is 7.55. The Morgan fingerprint density at radius 1 is 0.841 bits per heavy atom. The highest BCUT2D eigenvalue weighted by Crippen LogP contribution is 2.55. The highest BCUT2D eigenvalue weighted by molar-refractivity contribution is 7.85. The molecule has 6 heteroatoms. The van der Waals surface area contributed by atoms with Gasteiger partial charge < -0.3 is 4.74 Å². The Balaban J connectivity index is 1.54. The number of carbonyl (C=O) groups excluding carboxylic acids is 1. The molecule has 2 bridgehead atoms. The molecule has 0 amide bonds. The zero-order valence-electron chi connectivity index (χ0n) is 25.5. The Hall–Kier alpha value is -4.00. The Labute approximate surface area is 260 Å². The van der Waals surface area contributed by atoms with Crippen LogP contribution in [0.4, 0.5) is 0 Å². The molecule has 5 nitrogen and oxygen atoms in total. The van der Waals surface area contributed by atoms with Crippen LogP contribution >= 0.6 is 0 Å². The van der Waals surface area contributed by atoms with Gasteiger partial charge in [0.25, 0.3) is 10.1 Å². The number of hydrogen-bond acceptors (Lipinski definition) is 4. The number of rotatable bonds is 5. The third-order valence-corrected chi connectivity index (χ3v) is 10.4. The van der Waals surface area contributed by atoms with Crippen molar-refractivity contribution < 1.29 is 22.5 Å². The van der Waals surface area contributed by atoms with Crippen molar-refractivity contribution in [3.63, 3.8) is 0 Å². The van der Waals surface area contributed by atoms with Gasteiger partial charge in [-0.2, -0.15) is 8.42 Å². The smallest absolute Gasteiger partial charge is 0.315 e. The summed E-state index contributed by atoms with van der Waals surface area (Å²) in [6, 6.07) is 24.2. The number of benzene rings is 4. The molecule has 226 valence electrons. The molecule has 2 aliphatic rings. The van der Waals surface area contributed by atoms with Crippen LogP contribution in [-0.4, -0.2) is 18.9 Å². The largest absolute Gasteiger partial charge is 0.426 e. The van der Waals surface area contributed by atoms with Crippen molar-refractivity contribution in [3.8, 4) is 5.75 Å². The van der Waals surface area contributed by atoms with Gasteiger partial charge in [-0.15, -0.1) is 0 Å². The topological polar surface area (TPSA) is 80.7 Å². The zero-order chi connectivity index (χ0) is 31.2. The normalized spacial score (nSPS) is 22.9. The quantitative estimate of drug-likeness (QED) is 0.139. The minimum atomic E-state index is -4.45. The van der Waals surface area contributed by atoms with Crippen LogP contribution in [0.15, 0.2) is 102 Å². The highest BCUT2D eigenvalue weighted by atomic mass is 32.2. The fraction of sp³-hybridized carbons (Fsp3) is 0.289. The predicted octanol–water partition coefficient (Wildman–Crippen LogP) is 8.92.